The molecule has 1 saturated heterocycles. The first kappa shape index (κ1) is 22.0. The lowest BCUT2D eigenvalue weighted by Crippen LogP contribution is -2.43. The van der Waals surface area contributed by atoms with E-state index < -0.39 is 0 Å². The summed E-state index contributed by atoms with van der Waals surface area (Å²) in [6.07, 6.45) is 1.93. The second-order valence-corrected chi connectivity index (χ2v) is 8.40. The number of nitriles is 1. The van der Waals surface area contributed by atoms with Crippen molar-refractivity contribution >= 4 is 40.0 Å². The fourth-order valence-electron chi connectivity index (χ4n) is 4.82. The van der Waals surface area contributed by atoms with E-state index in [1.807, 2.05) is 37.4 Å². The van der Waals surface area contributed by atoms with Crippen LogP contribution in [0.5, 0.6) is 0 Å². The number of aromatic amines is 2. The lowest BCUT2D eigenvalue weighted by Gasteiger charge is -2.29. The van der Waals surface area contributed by atoms with Gasteiger partial charge in [0.05, 0.1) is 16.6 Å². The Balaban J connectivity index is 0.00000241. The number of aromatic nitrogens is 4. The van der Waals surface area contributed by atoms with Crippen LogP contribution in [-0.2, 0) is 0 Å². The Morgan fingerprint density at radius 1 is 1.03 bits per heavy atom. The number of rotatable bonds is 3. The van der Waals surface area contributed by atoms with Crippen molar-refractivity contribution in [3.63, 3.8) is 0 Å². The number of anilines is 1. The average Bonchev–Trinajstić information content (AvgIpc) is 3.47. The van der Waals surface area contributed by atoms with Gasteiger partial charge in [-0.25, -0.2) is 4.98 Å². The van der Waals surface area contributed by atoms with Gasteiger partial charge in [-0.1, -0.05) is 30.3 Å². The topological polar surface area (TPSA) is 96.4 Å². The molecule has 0 saturated carbocycles. The largest absolute Gasteiger partial charge is 0.369 e. The summed E-state index contributed by atoms with van der Waals surface area (Å²) < 4.78 is 0. The Morgan fingerprint density at radius 2 is 1.79 bits per heavy atom. The van der Waals surface area contributed by atoms with E-state index in [2.05, 4.69) is 55.7 Å². The number of nitrogens with one attached hydrogen (secondary N) is 3. The van der Waals surface area contributed by atoms with Crippen LogP contribution in [0.15, 0.2) is 54.7 Å². The fourth-order valence-corrected chi connectivity index (χ4v) is 4.82. The molecule has 34 heavy (non-hydrogen) atoms. The smallest absolute Gasteiger partial charge is 0.182 e. The van der Waals surface area contributed by atoms with Crippen LogP contribution in [0, 0.1) is 18.3 Å². The third-order valence-electron chi connectivity index (χ3n) is 6.48. The third-order valence-corrected chi connectivity index (χ3v) is 6.48. The molecule has 0 atom stereocenters. The van der Waals surface area contributed by atoms with Gasteiger partial charge >= 0.3 is 0 Å². The molecule has 2 aromatic carbocycles. The quantitative estimate of drug-likeness (QED) is 0.353. The molecule has 6 rings (SSSR count). The molecule has 0 amide bonds. The Kier molecular flexibility index (Phi) is 5.70. The maximum Gasteiger partial charge on any atom is 0.182 e. The molecule has 170 valence electrons. The number of aryl methyl sites for hydroxylation is 1. The number of hydrogen-bond donors (Lipinski definition) is 3. The van der Waals surface area contributed by atoms with Gasteiger partial charge in [0.15, 0.2) is 5.65 Å². The Hall–Kier alpha value is -3.86. The van der Waals surface area contributed by atoms with Gasteiger partial charge in [-0.05, 0) is 30.7 Å². The van der Waals surface area contributed by atoms with E-state index in [0.717, 1.165) is 64.9 Å². The first-order chi connectivity index (χ1) is 16.2. The van der Waals surface area contributed by atoms with Crippen LogP contribution in [0.3, 0.4) is 0 Å². The van der Waals surface area contributed by atoms with Gasteiger partial charge in [0.25, 0.3) is 0 Å². The van der Waals surface area contributed by atoms with Crippen molar-refractivity contribution in [2.24, 2.45) is 0 Å². The second kappa shape index (κ2) is 8.82. The number of hydrogen-bond acceptors (Lipinski definition) is 5. The van der Waals surface area contributed by atoms with E-state index in [9.17, 15) is 5.26 Å². The number of piperazine rings is 1. The van der Waals surface area contributed by atoms with E-state index in [1.165, 1.54) is 5.69 Å². The van der Waals surface area contributed by atoms with Gasteiger partial charge < -0.3 is 15.2 Å². The molecule has 0 unspecified atom stereocenters. The summed E-state index contributed by atoms with van der Waals surface area (Å²) in [6, 6.07) is 19.0. The molecular weight excluding hydrogens is 446 g/mol. The molecule has 8 heteroatoms. The minimum absolute atomic E-state index is 0. The van der Waals surface area contributed by atoms with E-state index in [0.29, 0.717) is 16.9 Å². The van der Waals surface area contributed by atoms with Gasteiger partial charge in [-0.2, -0.15) is 10.4 Å². The molecule has 1 aliphatic heterocycles. The normalized spacial score (nSPS) is 13.7. The molecule has 1 aliphatic rings. The molecule has 0 spiro atoms. The predicted molar refractivity (Wildman–Crippen MR) is 138 cm³/mol. The zero-order chi connectivity index (χ0) is 22.4. The van der Waals surface area contributed by atoms with Crippen molar-refractivity contribution < 1.29 is 0 Å². The van der Waals surface area contributed by atoms with Crippen molar-refractivity contribution in [1.29, 1.82) is 5.26 Å². The minimum Gasteiger partial charge on any atom is -0.369 e. The SMILES string of the molecule is Cc1[nH]nc2nc(-c3c[nH]c4ccccc34)c(C#N)c(-c3ccc(N4CCNCC4)cc3)c12.Cl. The van der Waals surface area contributed by atoms with Crippen molar-refractivity contribution in [3.8, 4) is 28.5 Å². The summed E-state index contributed by atoms with van der Waals surface area (Å²) >= 11 is 0. The maximum atomic E-state index is 10.3. The van der Waals surface area contributed by atoms with E-state index in [1.54, 1.807) is 0 Å². The number of fused-ring (bicyclic) bond motifs is 2. The van der Waals surface area contributed by atoms with Crippen LogP contribution >= 0.6 is 12.4 Å². The molecule has 3 N–H and O–H groups in total. The molecule has 0 radical (unpaired) electrons. The lowest BCUT2D eigenvalue weighted by atomic mass is 9.93. The summed E-state index contributed by atoms with van der Waals surface area (Å²) in [6.45, 7) is 5.95. The van der Waals surface area contributed by atoms with Gasteiger partial charge in [0, 0.05) is 65.8 Å². The molecule has 1 fully saturated rings. The Labute approximate surface area is 203 Å². The second-order valence-electron chi connectivity index (χ2n) is 8.40. The average molecular weight is 470 g/mol. The van der Waals surface area contributed by atoms with Crippen LogP contribution in [-0.4, -0.2) is 46.3 Å². The molecule has 0 bridgehead atoms. The highest BCUT2D eigenvalue weighted by atomic mass is 35.5. The van der Waals surface area contributed by atoms with Crippen LogP contribution in [0.25, 0.3) is 44.3 Å². The van der Waals surface area contributed by atoms with Crippen molar-refractivity contribution in [2.75, 3.05) is 31.1 Å². The lowest BCUT2D eigenvalue weighted by molar-refractivity contribution is 0.589. The maximum absolute atomic E-state index is 10.3. The monoisotopic (exact) mass is 469 g/mol. The molecule has 3 aromatic heterocycles. The van der Waals surface area contributed by atoms with Gasteiger partial charge in [-0.3, -0.25) is 5.10 Å². The van der Waals surface area contributed by atoms with Crippen LogP contribution in [0.4, 0.5) is 5.69 Å². The summed E-state index contributed by atoms with van der Waals surface area (Å²) in [5, 5.41) is 23.2. The Morgan fingerprint density at radius 3 is 2.56 bits per heavy atom. The molecule has 4 heterocycles. The van der Waals surface area contributed by atoms with Crippen LogP contribution in [0.2, 0.25) is 0 Å². The summed E-state index contributed by atoms with van der Waals surface area (Å²) in [5.74, 6) is 0. The first-order valence-electron chi connectivity index (χ1n) is 11.2. The molecule has 7 nitrogen and oxygen atoms in total. The van der Waals surface area contributed by atoms with E-state index in [-0.39, 0.29) is 12.4 Å². The zero-order valence-electron chi connectivity index (χ0n) is 18.7. The van der Waals surface area contributed by atoms with Crippen molar-refractivity contribution in [3.05, 3.63) is 66.0 Å². The predicted octanol–water partition coefficient (Wildman–Crippen LogP) is 4.78. The van der Waals surface area contributed by atoms with E-state index in [4.69, 9.17) is 4.98 Å². The summed E-state index contributed by atoms with van der Waals surface area (Å²) in [5.41, 5.74) is 7.71. The van der Waals surface area contributed by atoms with Crippen LogP contribution in [0.1, 0.15) is 11.3 Å². The number of para-hydroxylation sites is 1. The summed E-state index contributed by atoms with van der Waals surface area (Å²) in [4.78, 5) is 10.5. The number of benzene rings is 2. The number of pyridine rings is 1. The van der Waals surface area contributed by atoms with Gasteiger partial charge in [-0.15, -0.1) is 12.4 Å². The highest BCUT2D eigenvalue weighted by molar-refractivity contribution is 6.04. The number of halogens is 1. The fraction of sp³-hybridized carbons (Fsp3) is 0.192. The first-order valence-corrected chi connectivity index (χ1v) is 11.2. The molecule has 5 aromatic rings. The third kappa shape index (κ3) is 3.48. The highest BCUT2D eigenvalue weighted by Gasteiger charge is 2.23. The number of nitrogens with zero attached hydrogens (tertiary/aromatic N) is 4. The van der Waals surface area contributed by atoms with Crippen molar-refractivity contribution in [2.45, 2.75) is 6.92 Å². The Bertz CT molecular complexity index is 1520. The van der Waals surface area contributed by atoms with E-state index >= 15 is 0 Å². The zero-order valence-corrected chi connectivity index (χ0v) is 19.5. The minimum atomic E-state index is 0. The molecular formula is C26H24ClN7. The number of H-pyrrole nitrogens is 2. The molecule has 0 aliphatic carbocycles. The summed E-state index contributed by atoms with van der Waals surface area (Å²) in [7, 11) is 0. The van der Waals surface area contributed by atoms with Crippen molar-refractivity contribution in [1.82, 2.24) is 25.5 Å². The van der Waals surface area contributed by atoms with Crippen LogP contribution < -0.4 is 10.2 Å². The standard InChI is InChI=1S/C26H23N7.ClH/c1-16-23-24(17-6-8-18(9-7-17)33-12-10-28-11-13-33)20(14-27)25(30-26(23)32-31-16)21-15-29-22-5-3-2-4-19(21)22;/h2-9,15,28-29H,10-13H2,1H3,(H,30,31,32);1H. The van der Waals surface area contributed by atoms with Gasteiger partial charge in [0.1, 0.15) is 6.07 Å². The highest BCUT2D eigenvalue weighted by Crippen LogP contribution is 2.39. The van der Waals surface area contributed by atoms with Gasteiger partial charge in [0.2, 0.25) is 0 Å².